The number of hydrogen-bond acceptors (Lipinski definition) is 2. The van der Waals surface area contributed by atoms with Crippen LogP contribution in [0.1, 0.15) is 35.6 Å². The lowest BCUT2D eigenvalue weighted by atomic mass is 10.0. The fourth-order valence-corrected chi connectivity index (χ4v) is 4.02. The number of benzene rings is 1. The summed E-state index contributed by atoms with van der Waals surface area (Å²) in [5.74, 6) is 1.63. The second-order valence-electron chi connectivity index (χ2n) is 5.78. The van der Waals surface area contributed by atoms with Gasteiger partial charge in [-0.05, 0) is 61.6 Å². The molecule has 3 rings (SSSR count). The van der Waals surface area contributed by atoms with Crippen molar-refractivity contribution in [1.82, 2.24) is 5.32 Å². The lowest BCUT2D eigenvalue weighted by molar-refractivity contribution is 0.450. The predicted molar refractivity (Wildman–Crippen MR) is 87.4 cm³/mol. The maximum absolute atomic E-state index is 3.55. The fourth-order valence-electron chi connectivity index (χ4n) is 3.27. The summed E-state index contributed by atoms with van der Waals surface area (Å²) < 4.78 is 0. The van der Waals surface area contributed by atoms with Crippen LogP contribution in [0, 0.1) is 5.92 Å². The normalized spacial score (nSPS) is 22.6. The second-order valence-corrected chi connectivity index (χ2v) is 6.82. The lowest BCUT2D eigenvalue weighted by Crippen LogP contribution is -2.28. The molecule has 3 atom stereocenters. The summed E-state index contributed by atoms with van der Waals surface area (Å²) in [6.45, 7) is 0. The van der Waals surface area contributed by atoms with E-state index in [1.807, 2.05) is 11.3 Å². The van der Waals surface area contributed by atoms with Gasteiger partial charge in [0.05, 0.1) is 0 Å². The van der Waals surface area contributed by atoms with Crippen LogP contribution in [0.3, 0.4) is 0 Å². The first-order valence-corrected chi connectivity index (χ1v) is 8.51. The first-order valence-electron chi connectivity index (χ1n) is 7.63. The molecule has 2 aromatic rings. The van der Waals surface area contributed by atoms with Crippen LogP contribution in [0.2, 0.25) is 0 Å². The summed E-state index contributed by atoms with van der Waals surface area (Å²) in [5.41, 5.74) is 1.52. The minimum Gasteiger partial charge on any atom is -0.317 e. The number of hydrogen-bond donors (Lipinski definition) is 1. The molecular weight excluding hydrogens is 262 g/mol. The van der Waals surface area contributed by atoms with E-state index in [2.05, 4.69) is 60.2 Å². The summed E-state index contributed by atoms with van der Waals surface area (Å²) in [6.07, 6.45) is 5.18. The molecule has 0 bridgehead atoms. The minimum atomic E-state index is 0.681. The second kappa shape index (κ2) is 6.55. The Balaban J connectivity index is 1.48. The number of thiophene rings is 1. The average molecular weight is 285 g/mol. The van der Waals surface area contributed by atoms with Gasteiger partial charge in [0.15, 0.2) is 0 Å². The third kappa shape index (κ3) is 3.31. The van der Waals surface area contributed by atoms with Crippen LogP contribution in [0.25, 0.3) is 0 Å². The highest BCUT2D eigenvalue weighted by Crippen LogP contribution is 2.50. The van der Waals surface area contributed by atoms with E-state index >= 15 is 0 Å². The fraction of sp³-hybridized carbons (Fsp3) is 0.444. The molecular formula is C18H23NS. The zero-order chi connectivity index (χ0) is 13.8. The Bertz CT molecular complexity index is 505. The summed E-state index contributed by atoms with van der Waals surface area (Å²) >= 11 is 1.88. The number of rotatable bonds is 7. The van der Waals surface area contributed by atoms with E-state index in [1.54, 1.807) is 0 Å². The van der Waals surface area contributed by atoms with Gasteiger partial charge in [0.2, 0.25) is 0 Å². The molecule has 1 heterocycles. The van der Waals surface area contributed by atoms with Crippen LogP contribution >= 0.6 is 11.3 Å². The van der Waals surface area contributed by atoms with Crippen molar-refractivity contribution < 1.29 is 0 Å². The van der Waals surface area contributed by atoms with Gasteiger partial charge in [0.1, 0.15) is 0 Å². The van der Waals surface area contributed by atoms with Gasteiger partial charge in [0, 0.05) is 10.9 Å². The summed E-state index contributed by atoms with van der Waals surface area (Å²) in [6, 6.07) is 16.1. The smallest absolute Gasteiger partial charge is 0.00985 e. The van der Waals surface area contributed by atoms with E-state index in [4.69, 9.17) is 0 Å². The van der Waals surface area contributed by atoms with Crippen LogP contribution < -0.4 is 5.32 Å². The average Bonchev–Trinajstić information content (AvgIpc) is 3.12. The van der Waals surface area contributed by atoms with Gasteiger partial charge in [-0.1, -0.05) is 36.4 Å². The highest BCUT2D eigenvalue weighted by molar-refractivity contribution is 7.09. The molecule has 2 heteroatoms. The molecule has 0 saturated heterocycles. The van der Waals surface area contributed by atoms with Crippen LogP contribution in [-0.4, -0.2) is 13.1 Å². The van der Waals surface area contributed by atoms with E-state index in [0.717, 1.165) is 11.8 Å². The topological polar surface area (TPSA) is 12.0 Å². The van der Waals surface area contributed by atoms with Crippen molar-refractivity contribution in [3.8, 4) is 0 Å². The Hall–Kier alpha value is -1.12. The Morgan fingerprint density at radius 3 is 2.75 bits per heavy atom. The molecule has 106 valence electrons. The third-order valence-corrected chi connectivity index (χ3v) is 5.41. The van der Waals surface area contributed by atoms with Gasteiger partial charge >= 0.3 is 0 Å². The Kier molecular flexibility index (Phi) is 4.54. The van der Waals surface area contributed by atoms with Gasteiger partial charge in [-0.15, -0.1) is 11.3 Å². The van der Waals surface area contributed by atoms with Crippen molar-refractivity contribution in [3.63, 3.8) is 0 Å². The van der Waals surface area contributed by atoms with Gasteiger partial charge in [-0.2, -0.15) is 0 Å². The Labute approximate surface area is 126 Å². The van der Waals surface area contributed by atoms with Crippen molar-refractivity contribution in [3.05, 3.63) is 58.3 Å². The minimum absolute atomic E-state index is 0.681. The molecule has 1 aromatic carbocycles. The summed E-state index contributed by atoms with van der Waals surface area (Å²) in [4.78, 5) is 1.52. The van der Waals surface area contributed by atoms with Crippen LogP contribution in [0.4, 0.5) is 0 Å². The van der Waals surface area contributed by atoms with E-state index < -0.39 is 0 Å². The van der Waals surface area contributed by atoms with E-state index in [-0.39, 0.29) is 0 Å². The van der Waals surface area contributed by atoms with Crippen molar-refractivity contribution in [2.75, 3.05) is 7.05 Å². The molecule has 1 saturated carbocycles. The number of aryl methyl sites for hydroxylation is 1. The van der Waals surface area contributed by atoms with Crippen LogP contribution in [-0.2, 0) is 6.42 Å². The summed E-state index contributed by atoms with van der Waals surface area (Å²) in [5, 5.41) is 5.73. The highest BCUT2D eigenvalue weighted by Gasteiger charge is 2.42. The summed E-state index contributed by atoms with van der Waals surface area (Å²) in [7, 11) is 2.12. The molecule has 0 radical (unpaired) electrons. The molecule has 3 unspecified atom stereocenters. The molecule has 1 nitrogen and oxygen atoms in total. The zero-order valence-corrected chi connectivity index (χ0v) is 12.9. The van der Waals surface area contributed by atoms with Crippen molar-refractivity contribution >= 4 is 11.3 Å². The predicted octanol–water partition coefficient (Wildman–Crippen LogP) is 4.46. The van der Waals surface area contributed by atoms with Crippen molar-refractivity contribution in [2.45, 2.75) is 37.6 Å². The molecule has 1 N–H and O–H groups in total. The number of nitrogens with one attached hydrogen (secondary N) is 1. The Morgan fingerprint density at radius 2 is 2.05 bits per heavy atom. The molecule has 1 fully saturated rings. The molecule has 1 aromatic heterocycles. The third-order valence-electron chi connectivity index (χ3n) is 4.47. The molecule has 1 aliphatic rings. The van der Waals surface area contributed by atoms with Gasteiger partial charge < -0.3 is 5.32 Å². The van der Waals surface area contributed by atoms with Gasteiger partial charge in [-0.3, -0.25) is 0 Å². The first-order chi connectivity index (χ1) is 9.88. The quantitative estimate of drug-likeness (QED) is 0.792. The van der Waals surface area contributed by atoms with E-state index in [9.17, 15) is 0 Å². The highest BCUT2D eigenvalue weighted by atomic mass is 32.1. The van der Waals surface area contributed by atoms with Crippen LogP contribution in [0.5, 0.6) is 0 Å². The monoisotopic (exact) mass is 285 g/mol. The lowest BCUT2D eigenvalue weighted by Gasteiger charge is -2.16. The van der Waals surface area contributed by atoms with Crippen LogP contribution in [0.15, 0.2) is 47.8 Å². The standard InChI is InChI=1S/C18H23NS/c1-19-18(11-5-9-15-10-6-12-20-15)17-13-16(17)14-7-3-2-4-8-14/h2-4,6-8,10,12,16-19H,5,9,11,13H2,1H3. The van der Waals surface area contributed by atoms with E-state index in [0.29, 0.717) is 6.04 Å². The van der Waals surface area contributed by atoms with Gasteiger partial charge in [0.25, 0.3) is 0 Å². The molecule has 0 aliphatic heterocycles. The largest absolute Gasteiger partial charge is 0.317 e. The molecule has 0 spiro atoms. The van der Waals surface area contributed by atoms with Crippen molar-refractivity contribution in [1.29, 1.82) is 0 Å². The van der Waals surface area contributed by atoms with E-state index in [1.165, 1.54) is 36.1 Å². The molecule has 20 heavy (non-hydrogen) atoms. The first kappa shape index (κ1) is 13.8. The van der Waals surface area contributed by atoms with Crippen molar-refractivity contribution in [2.24, 2.45) is 5.92 Å². The maximum Gasteiger partial charge on any atom is 0.00985 e. The SMILES string of the molecule is CNC(CCCc1cccs1)C1CC1c1ccccc1. The molecule has 1 aliphatic carbocycles. The van der Waals surface area contributed by atoms with Gasteiger partial charge in [-0.25, -0.2) is 0 Å². The zero-order valence-electron chi connectivity index (χ0n) is 12.1. The molecule has 0 amide bonds. The Morgan fingerprint density at radius 1 is 1.20 bits per heavy atom. The maximum atomic E-state index is 3.55.